The van der Waals surface area contributed by atoms with Crippen molar-refractivity contribution < 1.29 is 18.0 Å². The molecule has 8 nitrogen and oxygen atoms in total. The molecule has 30 heavy (non-hydrogen) atoms. The number of thiazole rings is 1. The van der Waals surface area contributed by atoms with Gasteiger partial charge >= 0.3 is 6.03 Å². The van der Waals surface area contributed by atoms with E-state index in [-0.39, 0.29) is 23.4 Å². The van der Waals surface area contributed by atoms with Crippen molar-refractivity contribution in [1.82, 2.24) is 9.71 Å². The number of hydrogen-bond acceptors (Lipinski definition) is 6. The predicted molar refractivity (Wildman–Crippen MR) is 122 cm³/mol. The van der Waals surface area contributed by atoms with Gasteiger partial charge in [0.25, 0.3) is 0 Å². The minimum absolute atomic E-state index is 0.00353. The Morgan fingerprint density at radius 3 is 2.63 bits per heavy atom. The van der Waals surface area contributed by atoms with E-state index in [1.807, 2.05) is 0 Å². The van der Waals surface area contributed by atoms with Crippen LogP contribution in [0, 0.1) is 5.92 Å². The molecule has 0 unspecified atom stereocenters. The Hall–Kier alpha value is -1.53. The van der Waals surface area contributed by atoms with E-state index >= 15 is 0 Å². The molecular formula is C18H20BrClN4O4S2. The number of hydrogen-bond donors (Lipinski definition) is 3. The standard InChI is InChI=1S/C18H20BrClN4O4S2/c1-30(27,28)21-9-14-16(19)29-18(23-14)24-17(26)22-13-7-6-11(20)8-12(13)15(25)10-4-2-3-5-10/h6-8,10,21H,2-5,9H2,1H3,(H2,22,23,24,26). The quantitative estimate of drug-likeness (QED) is 0.447. The first-order valence-electron chi connectivity index (χ1n) is 9.14. The number of Topliss-reactive ketones (excluding diaryl/α,β-unsaturated/α-hetero) is 1. The maximum absolute atomic E-state index is 12.9. The summed E-state index contributed by atoms with van der Waals surface area (Å²) in [5.74, 6) is -0.0664. The summed E-state index contributed by atoms with van der Waals surface area (Å²) in [5.41, 5.74) is 1.22. The summed E-state index contributed by atoms with van der Waals surface area (Å²) in [6, 6.07) is 4.22. The number of nitrogens with one attached hydrogen (secondary N) is 3. The molecule has 12 heteroatoms. The number of urea groups is 1. The number of carbonyl (C=O) groups excluding carboxylic acids is 2. The molecule has 0 saturated heterocycles. The molecule has 1 heterocycles. The van der Waals surface area contributed by atoms with Gasteiger partial charge in [-0.3, -0.25) is 10.1 Å². The van der Waals surface area contributed by atoms with Crippen molar-refractivity contribution >= 4 is 71.5 Å². The van der Waals surface area contributed by atoms with Crippen LogP contribution in [-0.4, -0.2) is 31.5 Å². The molecule has 162 valence electrons. The van der Waals surface area contributed by atoms with Gasteiger partial charge in [-0.2, -0.15) is 0 Å². The van der Waals surface area contributed by atoms with Crippen molar-refractivity contribution in [1.29, 1.82) is 0 Å². The minimum Gasteiger partial charge on any atom is -0.307 e. The van der Waals surface area contributed by atoms with Gasteiger partial charge < -0.3 is 5.32 Å². The van der Waals surface area contributed by atoms with E-state index in [4.69, 9.17) is 11.6 Å². The summed E-state index contributed by atoms with van der Waals surface area (Å²) in [4.78, 5) is 29.5. The summed E-state index contributed by atoms with van der Waals surface area (Å²) in [6.45, 7) is -0.00353. The Balaban J connectivity index is 1.70. The van der Waals surface area contributed by atoms with Crippen LogP contribution < -0.4 is 15.4 Å². The largest absolute Gasteiger partial charge is 0.325 e. The number of ketones is 1. The summed E-state index contributed by atoms with van der Waals surface area (Å²) >= 11 is 10.5. The molecule has 0 spiro atoms. The topological polar surface area (TPSA) is 117 Å². The third-order valence-electron chi connectivity index (χ3n) is 4.59. The Labute approximate surface area is 192 Å². The second-order valence-electron chi connectivity index (χ2n) is 6.95. The lowest BCUT2D eigenvalue weighted by molar-refractivity contribution is 0.0923. The van der Waals surface area contributed by atoms with E-state index in [9.17, 15) is 18.0 Å². The molecule has 0 atom stereocenters. The number of aromatic nitrogens is 1. The first kappa shape index (κ1) is 23.1. The van der Waals surface area contributed by atoms with Crippen LogP contribution in [0.3, 0.4) is 0 Å². The zero-order valence-electron chi connectivity index (χ0n) is 16.0. The van der Waals surface area contributed by atoms with Gasteiger partial charge in [-0.25, -0.2) is 22.9 Å². The molecule has 0 bridgehead atoms. The number of sulfonamides is 1. The van der Waals surface area contributed by atoms with E-state index in [1.165, 1.54) is 0 Å². The van der Waals surface area contributed by atoms with Crippen LogP contribution in [0.2, 0.25) is 5.02 Å². The van der Waals surface area contributed by atoms with Crippen molar-refractivity contribution in [2.24, 2.45) is 5.92 Å². The van der Waals surface area contributed by atoms with Crippen LogP contribution in [0.5, 0.6) is 0 Å². The maximum Gasteiger partial charge on any atom is 0.325 e. The molecule has 1 saturated carbocycles. The Kier molecular flexibility index (Phi) is 7.51. The first-order valence-corrected chi connectivity index (χ1v) is 13.0. The molecule has 3 N–H and O–H groups in total. The van der Waals surface area contributed by atoms with Crippen molar-refractivity contribution in [3.63, 3.8) is 0 Å². The Morgan fingerprint density at radius 1 is 1.27 bits per heavy atom. The molecule has 1 aromatic heterocycles. The Bertz CT molecular complexity index is 1070. The highest BCUT2D eigenvalue weighted by molar-refractivity contribution is 9.11. The summed E-state index contributed by atoms with van der Waals surface area (Å²) < 4.78 is 25.4. The van der Waals surface area contributed by atoms with E-state index in [0.717, 1.165) is 43.3 Å². The van der Waals surface area contributed by atoms with E-state index in [1.54, 1.807) is 18.2 Å². The smallest absolute Gasteiger partial charge is 0.307 e. The number of rotatable bonds is 7. The third-order valence-corrected chi connectivity index (χ3v) is 7.24. The molecule has 3 rings (SSSR count). The highest BCUT2D eigenvalue weighted by Crippen LogP contribution is 2.32. The molecule has 0 aliphatic heterocycles. The summed E-state index contributed by atoms with van der Waals surface area (Å²) in [5, 5.41) is 6.00. The van der Waals surface area contributed by atoms with Crippen molar-refractivity contribution in [3.05, 3.63) is 38.3 Å². The lowest BCUT2D eigenvalue weighted by Crippen LogP contribution is -2.23. The molecule has 0 radical (unpaired) electrons. The van der Waals surface area contributed by atoms with Crippen molar-refractivity contribution in [3.8, 4) is 0 Å². The van der Waals surface area contributed by atoms with Crippen LogP contribution in [0.25, 0.3) is 0 Å². The number of amides is 2. The maximum atomic E-state index is 12.9. The molecule has 2 aromatic rings. The fraction of sp³-hybridized carbons (Fsp3) is 0.389. The third kappa shape index (κ3) is 6.24. The molecule has 1 fully saturated rings. The van der Waals surface area contributed by atoms with Gasteiger partial charge in [0.1, 0.15) is 0 Å². The fourth-order valence-electron chi connectivity index (χ4n) is 3.18. The van der Waals surface area contributed by atoms with Crippen LogP contribution in [-0.2, 0) is 16.6 Å². The second-order valence-corrected chi connectivity index (χ2v) is 11.5. The number of carbonyl (C=O) groups is 2. The van der Waals surface area contributed by atoms with E-state index in [2.05, 4.69) is 36.3 Å². The average molecular weight is 536 g/mol. The number of halogens is 2. The van der Waals surface area contributed by atoms with E-state index in [0.29, 0.717) is 25.8 Å². The second kappa shape index (κ2) is 9.73. The van der Waals surface area contributed by atoms with Crippen LogP contribution in [0.4, 0.5) is 15.6 Å². The van der Waals surface area contributed by atoms with Gasteiger partial charge in [-0.15, -0.1) is 0 Å². The fourth-order valence-corrected chi connectivity index (χ4v) is 5.15. The van der Waals surface area contributed by atoms with Gasteiger partial charge in [0, 0.05) is 16.5 Å². The first-order chi connectivity index (χ1) is 14.1. The zero-order valence-corrected chi connectivity index (χ0v) is 20.0. The lowest BCUT2D eigenvalue weighted by atomic mass is 9.95. The summed E-state index contributed by atoms with van der Waals surface area (Å²) in [7, 11) is -3.37. The predicted octanol–water partition coefficient (Wildman–Crippen LogP) is 4.63. The number of anilines is 2. The molecule has 1 aliphatic rings. The average Bonchev–Trinajstić information content (AvgIpc) is 3.30. The van der Waals surface area contributed by atoms with Gasteiger partial charge in [-0.05, 0) is 47.0 Å². The Morgan fingerprint density at radius 2 is 1.97 bits per heavy atom. The highest BCUT2D eigenvalue weighted by atomic mass is 79.9. The monoisotopic (exact) mass is 534 g/mol. The van der Waals surface area contributed by atoms with Crippen LogP contribution >= 0.6 is 38.9 Å². The van der Waals surface area contributed by atoms with Crippen molar-refractivity contribution in [2.75, 3.05) is 16.9 Å². The van der Waals surface area contributed by atoms with Gasteiger partial charge in [0.05, 0.1) is 28.0 Å². The van der Waals surface area contributed by atoms with Gasteiger partial charge in [-0.1, -0.05) is 35.8 Å². The van der Waals surface area contributed by atoms with Gasteiger partial charge in [0.15, 0.2) is 10.9 Å². The molecular weight excluding hydrogens is 516 g/mol. The van der Waals surface area contributed by atoms with Gasteiger partial charge in [0.2, 0.25) is 10.0 Å². The van der Waals surface area contributed by atoms with Crippen LogP contribution in [0.15, 0.2) is 22.0 Å². The summed E-state index contributed by atoms with van der Waals surface area (Å²) in [6.07, 6.45) is 4.78. The lowest BCUT2D eigenvalue weighted by Gasteiger charge is -2.14. The molecule has 1 aromatic carbocycles. The van der Waals surface area contributed by atoms with E-state index < -0.39 is 16.1 Å². The van der Waals surface area contributed by atoms with Crippen molar-refractivity contribution in [2.45, 2.75) is 32.2 Å². The normalized spacial score (nSPS) is 14.6. The number of benzene rings is 1. The molecule has 1 aliphatic carbocycles. The minimum atomic E-state index is -3.37. The molecule has 2 amide bonds. The zero-order chi connectivity index (χ0) is 21.9. The van der Waals surface area contributed by atoms with Crippen LogP contribution in [0.1, 0.15) is 41.7 Å². The highest BCUT2D eigenvalue weighted by Gasteiger charge is 2.26. The number of nitrogens with zero attached hydrogens (tertiary/aromatic N) is 1. The SMILES string of the molecule is CS(=O)(=O)NCc1nc(NC(=O)Nc2ccc(Cl)cc2C(=O)C2CCCC2)sc1Br.